The highest BCUT2D eigenvalue weighted by molar-refractivity contribution is 9.10. The summed E-state index contributed by atoms with van der Waals surface area (Å²) in [6.07, 6.45) is -3.95. The molecule has 1 aromatic carbocycles. The lowest BCUT2D eigenvalue weighted by Gasteiger charge is -2.21. The Kier molecular flexibility index (Phi) is 6.82. The zero-order valence-corrected chi connectivity index (χ0v) is 13.1. The molecular weight excluding hydrogens is 335 g/mol. The minimum atomic E-state index is -4.18. The molecular formula is C14H19BrF3NO. The zero-order chi connectivity index (χ0) is 15.2. The molecule has 1 unspecified atom stereocenters. The number of nitrogens with one attached hydrogen (secondary N) is 1. The SMILES string of the molecule is CCCNC(Cc1cc(Br)ccc1OC)CC(F)(F)F. The molecule has 0 bridgehead atoms. The van der Waals surface area contributed by atoms with E-state index in [1.165, 1.54) is 7.11 Å². The summed E-state index contributed by atoms with van der Waals surface area (Å²) in [5.74, 6) is 0.610. The first kappa shape index (κ1) is 17.3. The van der Waals surface area contributed by atoms with Gasteiger partial charge in [-0.05, 0) is 43.1 Å². The summed E-state index contributed by atoms with van der Waals surface area (Å²) < 4.78 is 43.9. The van der Waals surface area contributed by atoms with Crippen LogP contribution in [0.3, 0.4) is 0 Å². The van der Waals surface area contributed by atoms with Crippen LogP contribution in [0, 0.1) is 0 Å². The average Bonchev–Trinajstić information content (AvgIpc) is 2.34. The van der Waals surface area contributed by atoms with Crippen molar-refractivity contribution in [2.24, 2.45) is 0 Å². The molecule has 114 valence electrons. The molecule has 0 aliphatic carbocycles. The van der Waals surface area contributed by atoms with Gasteiger partial charge in [-0.25, -0.2) is 0 Å². The second kappa shape index (κ2) is 7.88. The van der Waals surface area contributed by atoms with E-state index in [2.05, 4.69) is 21.2 Å². The Morgan fingerprint density at radius 2 is 2.05 bits per heavy atom. The highest BCUT2D eigenvalue weighted by Gasteiger charge is 2.32. The highest BCUT2D eigenvalue weighted by Crippen LogP contribution is 2.28. The van der Waals surface area contributed by atoms with Crippen molar-refractivity contribution in [2.75, 3.05) is 13.7 Å². The van der Waals surface area contributed by atoms with Crippen LogP contribution in [-0.4, -0.2) is 25.9 Å². The van der Waals surface area contributed by atoms with Crippen molar-refractivity contribution in [2.45, 2.75) is 38.4 Å². The summed E-state index contributed by atoms with van der Waals surface area (Å²) in [7, 11) is 1.52. The minimum Gasteiger partial charge on any atom is -0.496 e. The summed E-state index contributed by atoms with van der Waals surface area (Å²) in [5.41, 5.74) is 0.764. The number of methoxy groups -OCH3 is 1. The lowest BCUT2D eigenvalue weighted by molar-refractivity contribution is -0.139. The summed E-state index contributed by atoms with van der Waals surface area (Å²) in [6.45, 7) is 2.49. The van der Waals surface area contributed by atoms with E-state index in [4.69, 9.17) is 4.74 Å². The van der Waals surface area contributed by atoms with Crippen molar-refractivity contribution < 1.29 is 17.9 Å². The molecule has 6 heteroatoms. The second-order valence-electron chi connectivity index (χ2n) is 4.63. The van der Waals surface area contributed by atoms with Gasteiger partial charge in [-0.3, -0.25) is 0 Å². The normalized spacial score (nSPS) is 13.3. The molecule has 0 heterocycles. The third-order valence-corrected chi connectivity index (χ3v) is 3.36. The van der Waals surface area contributed by atoms with Crippen molar-refractivity contribution in [3.05, 3.63) is 28.2 Å². The monoisotopic (exact) mass is 353 g/mol. The van der Waals surface area contributed by atoms with Crippen molar-refractivity contribution in [3.8, 4) is 5.75 Å². The molecule has 0 amide bonds. The van der Waals surface area contributed by atoms with Crippen LogP contribution in [-0.2, 0) is 6.42 Å². The maximum Gasteiger partial charge on any atom is 0.390 e. The summed E-state index contributed by atoms with van der Waals surface area (Å²) in [6, 6.07) is 4.72. The van der Waals surface area contributed by atoms with Gasteiger partial charge in [-0.1, -0.05) is 22.9 Å². The van der Waals surface area contributed by atoms with Gasteiger partial charge in [0.2, 0.25) is 0 Å². The second-order valence-corrected chi connectivity index (χ2v) is 5.55. The van der Waals surface area contributed by atoms with Gasteiger partial charge in [0.15, 0.2) is 0 Å². The van der Waals surface area contributed by atoms with Gasteiger partial charge in [0.1, 0.15) is 5.75 Å². The molecule has 0 spiro atoms. The van der Waals surface area contributed by atoms with Crippen molar-refractivity contribution in [3.63, 3.8) is 0 Å². The molecule has 0 saturated heterocycles. The fraction of sp³-hybridized carbons (Fsp3) is 0.571. The quantitative estimate of drug-likeness (QED) is 0.788. The summed E-state index contributed by atoms with van der Waals surface area (Å²) in [5, 5.41) is 2.95. The van der Waals surface area contributed by atoms with Crippen LogP contribution >= 0.6 is 15.9 Å². The standard InChI is InChI=1S/C14H19BrF3NO/c1-3-6-19-12(9-14(16,17)18)8-10-7-11(15)4-5-13(10)20-2/h4-5,7,12,19H,3,6,8-9H2,1-2H3. The fourth-order valence-electron chi connectivity index (χ4n) is 2.02. The molecule has 0 fully saturated rings. The molecule has 1 rings (SSSR count). The maximum absolute atomic E-state index is 12.6. The van der Waals surface area contributed by atoms with Crippen LogP contribution in [0.1, 0.15) is 25.3 Å². The van der Waals surface area contributed by atoms with Gasteiger partial charge in [0.25, 0.3) is 0 Å². The number of alkyl halides is 3. The maximum atomic E-state index is 12.6. The number of hydrogen-bond acceptors (Lipinski definition) is 2. The third-order valence-electron chi connectivity index (χ3n) is 2.87. The topological polar surface area (TPSA) is 21.3 Å². The van der Waals surface area contributed by atoms with Gasteiger partial charge >= 0.3 is 6.18 Å². The average molecular weight is 354 g/mol. The Balaban J connectivity index is 2.85. The largest absolute Gasteiger partial charge is 0.496 e. The van der Waals surface area contributed by atoms with Crippen molar-refractivity contribution in [1.82, 2.24) is 5.32 Å². The molecule has 0 radical (unpaired) electrons. The van der Waals surface area contributed by atoms with E-state index in [1.807, 2.05) is 6.92 Å². The number of ether oxygens (including phenoxy) is 1. The Labute approximate surface area is 125 Å². The molecule has 1 N–H and O–H groups in total. The van der Waals surface area contributed by atoms with Gasteiger partial charge < -0.3 is 10.1 Å². The van der Waals surface area contributed by atoms with Gasteiger partial charge in [0, 0.05) is 10.5 Å². The van der Waals surface area contributed by atoms with E-state index < -0.39 is 18.6 Å². The van der Waals surface area contributed by atoms with Gasteiger partial charge in [-0.2, -0.15) is 13.2 Å². The van der Waals surface area contributed by atoms with E-state index in [-0.39, 0.29) is 6.42 Å². The van der Waals surface area contributed by atoms with E-state index >= 15 is 0 Å². The van der Waals surface area contributed by atoms with E-state index in [0.717, 1.165) is 16.5 Å². The lowest BCUT2D eigenvalue weighted by Crippen LogP contribution is -2.36. The first-order valence-electron chi connectivity index (χ1n) is 6.48. The van der Waals surface area contributed by atoms with Crippen LogP contribution in [0.15, 0.2) is 22.7 Å². The van der Waals surface area contributed by atoms with E-state index in [9.17, 15) is 13.2 Å². The summed E-state index contributed by atoms with van der Waals surface area (Å²) in [4.78, 5) is 0. The molecule has 20 heavy (non-hydrogen) atoms. The molecule has 0 aromatic heterocycles. The van der Waals surface area contributed by atoms with Gasteiger partial charge in [0.05, 0.1) is 13.5 Å². The van der Waals surface area contributed by atoms with E-state index in [1.54, 1.807) is 18.2 Å². The van der Waals surface area contributed by atoms with Crippen molar-refractivity contribution in [1.29, 1.82) is 0 Å². The van der Waals surface area contributed by atoms with Crippen LogP contribution in [0.2, 0.25) is 0 Å². The zero-order valence-electron chi connectivity index (χ0n) is 11.6. The molecule has 0 saturated carbocycles. The number of halogens is 4. The molecule has 1 atom stereocenters. The van der Waals surface area contributed by atoms with Crippen LogP contribution < -0.4 is 10.1 Å². The van der Waals surface area contributed by atoms with Crippen molar-refractivity contribution >= 4 is 15.9 Å². The molecule has 0 aliphatic heterocycles. The van der Waals surface area contributed by atoms with Gasteiger partial charge in [-0.15, -0.1) is 0 Å². The Morgan fingerprint density at radius 3 is 2.60 bits per heavy atom. The minimum absolute atomic E-state index is 0.280. The highest BCUT2D eigenvalue weighted by atomic mass is 79.9. The lowest BCUT2D eigenvalue weighted by atomic mass is 10.0. The van der Waals surface area contributed by atoms with Crippen LogP contribution in [0.5, 0.6) is 5.75 Å². The smallest absolute Gasteiger partial charge is 0.390 e. The summed E-state index contributed by atoms with van der Waals surface area (Å²) >= 11 is 3.33. The molecule has 0 aliphatic rings. The van der Waals surface area contributed by atoms with E-state index in [0.29, 0.717) is 12.3 Å². The number of rotatable bonds is 7. The third kappa shape index (κ3) is 6.13. The van der Waals surface area contributed by atoms with Crippen LogP contribution in [0.4, 0.5) is 13.2 Å². The predicted molar refractivity (Wildman–Crippen MR) is 77.2 cm³/mol. The Hall–Kier alpha value is -0.750. The Bertz CT molecular complexity index is 423. The molecule has 1 aromatic rings. The predicted octanol–water partition coefficient (Wildman–Crippen LogP) is 4.32. The first-order chi connectivity index (χ1) is 9.35. The molecule has 2 nitrogen and oxygen atoms in total. The number of benzene rings is 1. The fourth-order valence-corrected chi connectivity index (χ4v) is 2.42. The Morgan fingerprint density at radius 1 is 1.35 bits per heavy atom. The number of hydrogen-bond donors (Lipinski definition) is 1. The first-order valence-corrected chi connectivity index (χ1v) is 7.27. The van der Waals surface area contributed by atoms with Crippen LogP contribution in [0.25, 0.3) is 0 Å².